The van der Waals surface area contributed by atoms with Gasteiger partial charge in [0.05, 0.1) is 0 Å². The smallest absolute Gasteiger partial charge is 0.132 e. The number of nitrogen functional groups attached to an aromatic ring is 1. The Labute approximate surface area is 93.8 Å². The van der Waals surface area contributed by atoms with Gasteiger partial charge in [-0.2, -0.15) is 0 Å². The van der Waals surface area contributed by atoms with Crippen molar-refractivity contribution in [1.29, 1.82) is 0 Å². The molecular formula is C12H14N2S. The van der Waals surface area contributed by atoms with Crippen LogP contribution in [0.25, 0.3) is 10.4 Å². The van der Waals surface area contributed by atoms with Crippen LogP contribution in [0.2, 0.25) is 0 Å². The van der Waals surface area contributed by atoms with Crippen LogP contribution in [0.15, 0.2) is 29.8 Å². The summed E-state index contributed by atoms with van der Waals surface area (Å²) in [5.74, 6) is 1.13. The molecule has 0 aromatic carbocycles. The number of nitrogens with zero attached hydrogens (tertiary/aromatic N) is 1. The van der Waals surface area contributed by atoms with Gasteiger partial charge in [-0.25, -0.2) is 4.98 Å². The zero-order valence-electron chi connectivity index (χ0n) is 8.90. The zero-order chi connectivity index (χ0) is 10.8. The van der Waals surface area contributed by atoms with E-state index in [2.05, 4.69) is 30.3 Å². The summed E-state index contributed by atoms with van der Waals surface area (Å²) in [5, 5.41) is 2.11. The zero-order valence-corrected chi connectivity index (χ0v) is 9.71. The minimum atomic E-state index is 0.519. The van der Waals surface area contributed by atoms with Crippen LogP contribution in [0.4, 0.5) is 5.82 Å². The van der Waals surface area contributed by atoms with Gasteiger partial charge in [0.1, 0.15) is 5.82 Å². The van der Waals surface area contributed by atoms with Gasteiger partial charge >= 0.3 is 0 Å². The Hall–Kier alpha value is -1.35. The molecule has 2 aromatic rings. The van der Waals surface area contributed by atoms with Gasteiger partial charge < -0.3 is 5.73 Å². The number of nitrogens with two attached hydrogens (primary N) is 1. The van der Waals surface area contributed by atoms with Crippen LogP contribution in [-0.4, -0.2) is 4.98 Å². The van der Waals surface area contributed by atoms with Crippen molar-refractivity contribution >= 4 is 17.2 Å². The quantitative estimate of drug-likeness (QED) is 0.837. The maximum Gasteiger partial charge on any atom is 0.132 e. The van der Waals surface area contributed by atoms with Crippen molar-refractivity contribution in [3.8, 4) is 10.4 Å². The molecule has 0 atom stereocenters. The fourth-order valence-corrected chi connectivity index (χ4v) is 2.69. The molecule has 78 valence electrons. The highest BCUT2D eigenvalue weighted by atomic mass is 32.1. The normalized spacial score (nSPS) is 10.9. The van der Waals surface area contributed by atoms with E-state index in [1.807, 2.05) is 12.1 Å². The van der Waals surface area contributed by atoms with E-state index >= 15 is 0 Å². The van der Waals surface area contributed by atoms with Crippen molar-refractivity contribution in [2.45, 2.75) is 19.8 Å². The molecule has 0 unspecified atom stereocenters. The summed E-state index contributed by atoms with van der Waals surface area (Å²) in [7, 11) is 0. The van der Waals surface area contributed by atoms with Gasteiger partial charge in [-0.05, 0) is 35.1 Å². The van der Waals surface area contributed by atoms with Crippen LogP contribution in [0.5, 0.6) is 0 Å². The molecule has 2 heterocycles. The summed E-state index contributed by atoms with van der Waals surface area (Å²) in [5.41, 5.74) is 8.28. The molecule has 0 aliphatic carbocycles. The van der Waals surface area contributed by atoms with E-state index in [9.17, 15) is 0 Å². The minimum absolute atomic E-state index is 0.519. The molecule has 0 bridgehead atoms. The van der Waals surface area contributed by atoms with E-state index in [-0.39, 0.29) is 0 Å². The molecule has 0 saturated heterocycles. The summed E-state index contributed by atoms with van der Waals surface area (Å²) >= 11 is 1.73. The Balaban J connectivity index is 2.55. The number of hydrogen-bond donors (Lipinski definition) is 1. The lowest BCUT2D eigenvalue weighted by Gasteiger charge is -2.08. The molecule has 15 heavy (non-hydrogen) atoms. The molecular weight excluding hydrogens is 204 g/mol. The fraction of sp³-hybridized carbons (Fsp3) is 0.250. The first kappa shape index (κ1) is 10.2. The second kappa shape index (κ2) is 4.03. The first-order valence-electron chi connectivity index (χ1n) is 4.98. The number of anilines is 1. The summed E-state index contributed by atoms with van der Waals surface area (Å²) in [6.45, 7) is 4.39. The largest absolute Gasteiger partial charge is 0.383 e. The van der Waals surface area contributed by atoms with Crippen molar-refractivity contribution in [2.24, 2.45) is 0 Å². The second-order valence-corrected chi connectivity index (χ2v) is 4.71. The van der Waals surface area contributed by atoms with Gasteiger partial charge in [-0.3, -0.25) is 0 Å². The maximum atomic E-state index is 5.88. The molecule has 2 rings (SSSR count). The third kappa shape index (κ3) is 1.88. The predicted octanol–water partition coefficient (Wildman–Crippen LogP) is 3.52. The average molecular weight is 218 g/mol. The van der Waals surface area contributed by atoms with Gasteiger partial charge in [-0.15, -0.1) is 11.3 Å². The summed E-state index contributed by atoms with van der Waals surface area (Å²) in [6.07, 6.45) is 1.72. The molecule has 0 fully saturated rings. The van der Waals surface area contributed by atoms with Gasteiger partial charge in [0.15, 0.2) is 0 Å². The molecule has 0 amide bonds. The standard InChI is InChI=1S/C12H14N2S/c1-8(2)9-5-7-15-11(9)10-4-3-6-14-12(10)13/h3-8H,1-2H3,(H2,13,14). The summed E-state index contributed by atoms with van der Waals surface area (Å²) in [6, 6.07) is 6.12. The molecule has 2 aromatic heterocycles. The molecule has 0 saturated carbocycles. The molecule has 2 nitrogen and oxygen atoms in total. The predicted molar refractivity (Wildman–Crippen MR) is 66.1 cm³/mol. The lowest BCUT2D eigenvalue weighted by molar-refractivity contribution is 0.874. The van der Waals surface area contributed by atoms with E-state index in [0.717, 1.165) is 5.56 Å². The van der Waals surface area contributed by atoms with Gasteiger partial charge in [0.2, 0.25) is 0 Å². The number of pyridine rings is 1. The highest BCUT2D eigenvalue weighted by molar-refractivity contribution is 7.13. The van der Waals surface area contributed by atoms with E-state index in [1.54, 1.807) is 17.5 Å². The van der Waals surface area contributed by atoms with E-state index in [0.29, 0.717) is 11.7 Å². The first-order valence-corrected chi connectivity index (χ1v) is 5.86. The molecule has 0 aliphatic heterocycles. The van der Waals surface area contributed by atoms with Gasteiger partial charge in [0, 0.05) is 16.6 Å². The lowest BCUT2D eigenvalue weighted by atomic mass is 10.0. The molecule has 0 spiro atoms. The monoisotopic (exact) mass is 218 g/mol. The van der Waals surface area contributed by atoms with Crippen molar-refractivity contribution in [3.05, 3.63) is 35.3 Å². The van der Waals surface area contributed by atoms with Gasteiger partial charge in [0.25, 0.3) is 0 Å². The van der Waals surface area contributed by atoms with Crippen LogP contribution < -0.4 is 5.73 Å². The molecule has 0 radical (unpaired) electrons. The van der Waals surface area contributed by atoms with Crippen molar-refractivity contribution in [2.75, 3.05) is 5.73 Å². The topological polar surface area (TPSA) is 38.9 Å². The number of rotatable bonds is 2. The minimum Gasteiger partial charge on any atom is -0.383 e. The van der Waals surface area contributed by atoms with Crippen LogP contribution in [0.1, 0.15) is 25.3 Å². The highest BCUT2D eigenvalue weighted by Crippen LogP contribution is 2.36. The maximum absolute atomic E-state index is 5.88. The van der Waals surface area contributed by atoms with E-state index in [1.165, 1.54) is 10.4 Å². The van der Waals surface area contributed by atoms with Crippen molar-refractivity contribution < 1.29 is 0 Å². The van der Waals surface area contributed by atoms with Gasteiger partial charge in [-0.1, -0.05) is 13.8 Å². The first-order chi connectivity index (χ1) is 7.20. The third-order valence-electron chi connectivity index (χ3n) is 2.40. The Bertz CT molecular complexity index is 460. The Morgan fingerprint density at radius 3 is 2.80 bits per heavy atom. The molecule has 2 N–H and O–H groups in total. The van der Waals surface area contributed by atoms with Crippen molar-refractivity contribution in [1.82, 2.24) is 4.98 Å². The lowest BCUT2D eigenvalue weighted by Crippen LogP contribution is -1.94. The second-order valence-electron chi connectivity index (χ2n) is 3.80. The summed E-state index contributed by atoms with van der Waals surface area (Å²) in [4.78, 5) is 5.37. The van der Waals surface area contributed by atoms with Crippen LogP contribution in [0, 0.1) is 0 Å². The van der Waals surface area contributed by atoms with Crippen molar-refractivity contribution in [3.63, 3.8) is 0 Å². The molecule has 0 aliphatic rings. The fourth-order valence-electron chi connectivity index (χ4n) is 1.60. The summed E-state index contributed by atoms with van der Waals surface area (Å²) < 4.78 is 0. The number of hydrogen-bond acceptors (Lipinski definition) is 3. The molecule has 3 heteroatoms. The van der Waals surface area contributed by atoms with Crippen LogP contribution in [-0.2, 0) is 0 Å². The van der Waals surface area contributed by atoms with Crippen LogP contribution in [0.3, 0.4) is 0 Å². The van der Waals surface area contributed by atoms with Crippen LogP contribution >= 0.6 is 11.3 Å². The Morgan fingerprint density at radius 2 is 2.13 bits per heavy atom. The van der Waals surface area contributed by atoms with E-state index < -0.39 is 0 Å². The number of aromatic nitrogens is 1. The highest BCUT2D eigenvalue weighted by Gasteiger charge is 2.12. The third-order valence-corrected chi connectivity index (χ3v) is 3.36. The van der Waals surface area contributed by atoms with E-state index in [4.69, 9.17) is 5.73 Å². The number of thiophene rings is 1. The SMILES string of the molecule is CC(C)c1ccsc1-c1cccnc1N. The Kier molecular flexibility index (Phi) is 2.73. The average Bonchev–Trinajstić information content (AvgIpc) is 2.67. The Morgan fingerprint density at radius 1 is 1.33 bits per heavy atom.